The molecule has 0 atom stereocenters. The number of rotatable bonds is 4. The number of benzene rings is 1. The lowest BCUT2D eigenvalue weighted by atomic mass is 10.1. The maximum atomic E-state index is 4.70. The molecule has 1 aliphatic rings. The van der Waals surface area contributed by atoms with Crippen LogP contribution in [0.4, 0.5) is 17.5 Å². The first-order chi connectivity index (χ1) is 12.8. The number of fused-ring (bicyclic) bond motifs is 1. The molecule has 2 heterocycles. The fourth-order valence-corrected chi connectivity index (χ4v) is 3.66. The molecule has 0 saturated heterocycles. The summed E-state index contributed by atoms with van der Waals surface area (Å²) in [5, 5.41) is 8.07. The van der Waals surface area contributed by atoms with E-state index in [1.165, 1.54) is 38.5 Å². The van der Waals surface area contributed by atoms with Crippen molar-refractivity contribution in [1.82, 2.24) is 15.0 Å². The molecule has 0 amide bonds. The zero-order valence-electron chi connectivity index (χ0n) is 15.2. The Morgan fingerprint density at radius 3 is 2.62 bits per heavy atom. The first-order valence-corrected chi connectivity index (χ1v) is 9.51. The summed E-state index contributed by atoms with van der Waals surface area (Å²) in [5.74, 6) is 1.51. The molecular formula is C21H25N5. The fourth-order valence-electron chi connectivity index (χ4n) is 3.66. The first kappa shape index (κ1) is 16.8. The molecule has 5 nitrogen and oxygen atoms in total. The van der Waals surface area contributed by atoms with Gasteiger partial charge in [-0.15, -0.1) is 0 Å². The number of aromatic nitrogens is 3. The molecule has 0 bridgehead atoms. The first-order valence-electron chi connectivity index (χ1n) is 9.51. The van der Waals surface area contributed by atoms with Gasteiger partial charge < -0.3 is 10.6 Å². The quantitative estimate of drug-likeness (QED) is 0.634. The number of nitrogens with zero attached hydrogens (tertiary/aromatic N) is 3. The molecule has 134 valence electrons. The lowest BCUT2D eigenvalue weighted by Gasteiger charge is -2.18. The van der Waals surface area contributed by atoms with Gasteiger partial charge in [-0.1, -0.05) is 43.9 Å². The minimum atomic E-state index is 0.513. The molecule has 1 fully saturated rings. The number of aryl methyl sites for hydroxylation is 1. The van der Waals surface area contributed by atoms with E-state index in [-0.39, 0.29) is 0 Å². The van der Waals surface area contributed by atoms with Crippen molar-refractivity contribution in [1.29, 1.82) is 0 Å². The third kappa shape index (κ3) is 3.93. The Labute approximate surface area is 154 Å². The third-order valence-electron chi connectivity index (χ3n) is 4.94. The van der Waals surface area contributed by atoms with Crippen LogP contribution < -0.4 is 10.6 Å². The molecule has 4 rings (SSSR count). The highest BCUT2D eigenvalue weighted by Gasteiger charge is 2.13. The number of para-hydroxylation sites is 1. The van der Waals surface area contributed by atoms with Gasteiger partial charge in [-0.25, -0.2) is 4.98 Å². The Kier molecular flexibility index (Phi) is 4.95. The van der Waals surface area contributed by atoms with Gasteiger partial charge in [0.25, 0.3) is 0 Å². The second kappa shape index (κ2) is 7.68. The average Bonchev–Trinajstić information content (AvgIpc) is 2.90. The van der Waals surface area contributed by atoms with E-state index in [2.05, 4.69) is 32.7 Å². The van der Waals surface area contributed by atoms with Crippen LogP contribution in [0.5, 0.6) is 0 Å². The van der Waals surface area contributed by atoms with E-state index in [1.54, 1.807) is 0 Å². The molecule has 0 unspecified atom stereocenters. The van der Waals surface area contributed by atoms with Crippen LogP contribution in [0.2, 0.25) is 0 Å². The minimum absolute atomic E-state index is 0.513. The Morgan fingerprint density at radius 1 is 0.962 bits per heavy atom. The van der Waals surface area contributed by atoms with Crippen molar-refractivity contribution >= 4 is 28.4 Å². The van der Waals surface area contributed by atoms with Crippen molar-refractivity contribution in [3.8, 4) is 0 Å². The molecule has 0 spiro atoms. The summed E-state index contributed by atoms with van der Waals surface area (Å²) in [7, 11) is 0. The number of hydrogen-bond acceptors (Lipinski definition) is 5. The van der Waals surface area contributed by atoms with Gasteiger partial charge in [-0.05, 0) is 31.9 Å². The molecule has 5 heteroatoms. The minimum Gasteiger partial charge on any atom is -0.367 e. The SMILES string of the molecule is Cc1cc(NC2CCCCCC2)nc(Nc2cccc3cccnc23)n1. The largest absolute Gasteiger partial charge is 0.367 e. The van der Waals surface area contributed by atoms with E-state index >= 15 is 0 Å². The maximum Gasteiger partial charge on any atom is 0.229 e. The average molecular weight is 347 g/mol. The Balaban J connectivity index is 1.57. The molecule has 1 saturated carbocycles. The third-order valence-corrected chi connectivity index (χ3v) is 4.94. The van der Waals surface area contributed by atoms with Gasteiger partial charge in [0.05, 0.1) is 11.2 Å². The van der Waals surface area contributed by atoms with Crippen LogP contribution in [0.3, 0.4) is 0 Å². The molecule has 1 aromatic carbocycles. The standard InChI is InChI=1S/C21H25N5/c1-15-14-19(24-17-10-4-2-3-5-11-17)26-21(23-15)25-18-12-6-8-16-9-7-13-22-20(16)18/h6-9,12-14,17H,2-5,10-11H2,1H3,(H2,23,24,25,26). The van der Waals surface area contributed by atoms with E-state index in [1.807, 2.05) is 37.4 Å². The summed E-state index contributed by atoms with van der Waals surface area (Å²) in [6, 6.07) is 12.6. The van der Waals surface area contributed by atoms with Crippen LogP contribution >= 0.6 is 0 Å². The van der Waals surface area contributed by atoms with Crippen LogP contribution in [-0.2, 0) is 0 Å². The summed E-state index contributed by atoms with van der Waals surface area (Å²) in [4.78, 5) is 13.7. The van der Waals surface area contributed by atoms with Crippen LogP contribution in [0.1, 0.15) is 44.2 Å². The predicted octanol–water partition coefficient (Wildman–Crippen LogP) is 5.21. The van der Waals surface area contributed by atoms with E-state index in [9.17, 15) is 0 Å². The van der Waals surface area contributed by atoms with Gasteiger partial charge in [0, 0.05) is 29.4 Å². The smallest absolute Gasteiger partial charge is 0.229 e. The van der Waals surface area contributed by atoms with E-state index < -0.39 is 0 Å². The highest BCUT2D eigenvalue weighted by atomic mass is 15.2. The van der Waals surface area contributed by atoms with E-state index in [0.717, 1.165) is 28.1 Å². The summed E-state index contributed by atoms with van der Waals surface area (Å²) < 4.78 is 0. The summed E-state index contributed by atoms with van der Waals surface area (Å²) >= 11 is 0. The topological polar surface area (TPSA) is 62.7 Å². The molecule has 1 aliphatic carbocycles. The van der Waals surface area contributed by atoms with Gasteiger partial charge in [0.15, 0.2) is 0 Å². The molecule has 26 heavy (non-hydrogen) atoms. The van der Waals surface area contributed by atoms with Crippen molar-refractivity contribution in [2.24, 2.45) is 0 Å². The van der Waals surface area contributed by atoms with Crippen molar-refractivity contribution in [2.45, 2.75) is 51.5 Å². The molecular weight excluding hydrogens is 322 g/mol. The van der Waals surface area contributed by atoms with E-state index in [4.69, 9.17) is 4.98 Å². The van der Waals surface area contributed by atoms with E-state index in [0.29, 0.717) is 12.0 Å². The monoisotopic (exact) mass is 347 g/mol. The van der Waals surface area contributed by atoms with Crippen LogP contribution in [0, 0.1) is 6.92 Å². The molecule has 0 aliphatic heterocycles. The lowest BCUT2D eigenvalue weighted by molar-refractivity contribution is 0.617. The molecule has 0 radical (unpaired) electrons. The highest BCUT2D eigenvalue weighted by molar-refractivity contribution is 5.91. The Bertz CT molecular complexity index is 879. The summed E-state index contributed by atoms with van der Waals surface area (Å²) in [6.45, 7) is 2.01. The number of anilines is 3. The van der Waals surface area contributed by atoms with Gasteiger partial charge in [-0.2, -0.15) is 4.98 Å². The second-order valence-electron chi connectivity index (χ2n) is 7.06. The Morgan fingerprint density at radius 2 is 1.77 bits per heavy atom. The van der Waals surface area contributed by atoms with Crippen molar-refractivity contribution in [3.05, 3.63) is 48.3 Å². The molecule has 2 N–H and O–H groups in total. The van der Waals surface area contributed by atoms with Crippen molar-refractivity contribution < 1.29 is 0 Å². The number of pyridine rings is 1. The highest BCUT2D eigenvalue weighted by Crippen LogP contribution is 2.25. The number of hydrogen-bond donors (Lipinski definition) is 2. The Hall–Kier alpha value is -2.69. The maximum absolute atomic E-state index is 4.70. The van der Waals surface area contributed by atoms with Crippen molar-refractivity contribution in [3.63, 3.8) is 0 Å². The zero-order chi connectivity index (χ0) is 17.8. The van der Waals surface area contributed by atoms with Gasteiger partial charge in [0.2, 0.25) is 5.95 Å². The van der Waals surface area contributed by atoms with Crippen LogP contribution in [0.25, 0.3) is 10.9 Å². The zero-order valence-corrected chi connectivity index (χ0v) is 15.2. The number of nitrogens with one attached hydrogen (secondary N) is 2. The van der Waals surface area contributed by atoms with Crippen LogP contribution in [-0.4, -0.2) is 21.0 Å². The van der Waals surface area contributed by atoms with Gasteiger partial charge in [-0.3, -0.25) is 4.98 Å². The molecule has 2 aromatic heterocycles. The van der Waals surface area contributed by atoms with Crippen molar-refractivity contribution in [2.75, 3.05) is 10.6 Å². The predicted molar refractivity (Wildman–Crippen MR) is 107 cm³/mol. The molecule has 3 aromatic rings. The van der Waals surface area contributed by atoms with Gasteiger partial charge in [0.1, 0.15) is 5.82 Å². The van der Waals surface area contributed by atoms with Crippen LogP contribution in [0.15, 0.2) is 42.6 Å². The summed E-state index contributed by atoms with van der Waals surface area (Å²) in [6.07, 6.45) is 9.55. The van der Waals surface area contributed by atoms with Gasteiger partial charge >= 0.3 is 0 Å². The fraction of sp³-hybridized carbons (Fsp3) is 0.381. The second-order valence-corrected chi connectivity index (χ2v) is 7.06. The normalized spacial score (nSPS) is 15.6. The summed E-state index contributed by atoms with van der Waals surface area (Å²) in [5.41, 5.74) is 2.80. The lowest BCUT2D eigenvalue weighted by Crippen LogP contribution is -2.19.